The number of halogens is 1. The number of rotatable bonds is 5. The first kappa shape index (κ1) is 20.2. The summed E-state index contributed by atoms with van der Waals surface area (Å²) in [6.45, 7) is 5.16. The van der Waals surface area contributed by atoms with Crippen LogP contribution in [0.15, 0.2) is 62.3 Å². The van der Waals surface area contributed by atoms with Crippen molar-refractivity contribution >= 4 is 43.2 Å². The van der Waals surface area contributed by atoms with E-state index in [4.69, 9.17) is 4.42 Å². The number of sulfonamides is 1. The van der Waals surface area contributed by atoms with Crippen molar-refractivity contribution in [3.05, 3.63) is 75.7 Å². The molecule has 0 fully saturated rings. The lowest BCUT2D eigenvalue weighted by molar-refractivity contribution is 0.102. The van der Waals surface area contributed by atoms with E-state index in [1.165, 1.54) is 6.07 Å². The van der Waals surface area contributed by atoms with Gasteiger partial charge in [0.2, 0.25) is 0 Å². The summed E-state index contributed by atoms with van der Waals surface area (Å²) in [4.78, 5) is 12.6. The molecule has 1 heterocycles. The van der Waals surface area contributed by atoms with Gasteiger partial charge >= 0.3 is 0 Å². The Bertz CT molecular complexity index is 1140. The van der Waals surface area contributed by atoms with Crippen LogP contribution in [-0.4, -0.2) is 14.3 Å². The van der Waals surface area contributed by atoms with Crippen LogP contribution in [0.2, 0.25) is 0 Å². The lowest BCUT2D eigenvalue weighted by atomic mass is 10.2. The molecule has 1 aromatic heterocycles. The van der Waals surface area contributed by atoms with Gasteiger partial charge < -0.3 is 9.73 Å². The number of nitrogens with one attached hydrogen (secondary N) is 2. The van der Waals surface area contributed by atoms with Gasteiger partial charge in [0.15, 0.2) is 0 Å². The van der Waals surface area contributed by atoms with Gasteiger partial charge in [-0.15, -0.1) is 0 Å². The lowest BCUT2D eigenvalue weighted by Crippen LogP contribution is -2.16. The average Bonchev–Trinajstić information content (AvgIpc) is 2.97. The van der Waals surface area contributed by atoms with Crippen LogP contribution in [0.25, 0.3) is 0 Å². The van der Waals surface area contributed by atoms with Crippen molar-refractivity contribution in [1.82, 2.24) is 0 Å². The zero-order chi connectivity index (χ0) is 20.5. The minimum Gasteiger partial charge on any atom is -0.466 e. The second-order valence-corrected chi connectivity index (χ2v) is 8.94. The van der Waals surface area contributed by atoms with Crippen LogP contribution in [-0.2, 0) is 10.0 Å². The predicted octanol–water partition coefficient (Wildman–Crippen LogP) is 5.02. The number of carbonyl (C=O) groups excluding carboxylic acids is 1. The normalized spacial score (nSPS) is 11.3. The van der Waals surface area contributed by atoms with Crippen molar-refractivity contribution in [2.75, 3.05) is 10.0 Å². The SMILES string of the molecule is Cc1cc(C(=O)Nc2ccc(C)c(S(=O)(=O)Nc3ccc(Br)cc3)c2)c(C)o1. The second kappa shape index (κ2) is 7.81. The molecule has 0 aliphatic heterocycles. The van der Waals surface area contributed by atoms with Gasteiger partial charge in [-0.25, -0.2) is 8.42 Å². The van der Waals surface area contributed by atoms with E-state index in [0.29, 0.717) is 34.0 Å². The zero-order valence-electron chi connectivity index (χ0n) is 15.5. The zero-order valence-corrected chi connectivity index (χ0v) is 17.9. The van der Waals surface area contributed by atoms with E-state index in [0.717, 1.165) is 4.47 Å². The summed E-state index contributed by atoms with van der Waals surface area (Å²) in [7, 11) is -3.82. The third-order valence-electron chi connectivity index (χ3n) is 4.12. The summed E-state index contributed by atoms with van der Waals surface area (Å²) in [6, 6.07) is 13.2. The molecule has 0 spiro atoms. The Balaban J connectivity index is 1.87. The van der Waals surface area contributed by atoms with Crippen LogP contribution in [0.3, 0.4) is 0 Å². The van der Waals surface area contributed by atoms with E-state index in [9.17, 15) is 13.2 Å². The number of benzene rings is 2. The van der Waals surface area contributed by atoms with E-state index in [2.05, 4.69) is 26.0 Å². The van der Waals surface area contributed by atoms with E-state index in [1.807, 2.05) is 0 Å². The molecule has 146 valence electrons. The molecular formula is C20H19BrN2O4S. The molecule has 0 bridgehead atoms. The Morgan fingerprint density at radius 1 is 0.964 bits per heavy atom. The van der Waals surface area contributed by atoms with Crippen molar-refractivity contribution < 1.29 is 17.6 Å². The monoisotopic (exact) mass is 462 g/mol. The van der Waals surface area contributed by atoms with Crippen LogP contribution < -0.4 is 10.0 Å². The fraction of sp³-hybridized carbons (Fsp3) is 0.150. The summed E-state index contributed by atoms with van der Waals surface area (Å²) in [5, 5.41) is 2.73. The lowest BCUT2D eigenvalue weighted by Gasteiger charge is -2.13. The van der Waals surface area contributed by atoms with Crippen LogP contribution in [0, 0.1) is 20.8 Å². The number of aryl methyl sites for hydroxylation is 3. The van der Waals surface area contributed by atoms with E-state index in [1.54, 1.807) is 63.2 Å². The van der Waals surface area contributed by atoms with Crippen LogP contribution in [0.4, 0.5) is 11.4 Å². The molecule has 6 nitrogen and oxygen atoms in total. The molecule has 0 atom stereocenters. The fourth-order valence-electron chi connectivity index (χ4n) is 2.75. The predicted molar refractivity (Wildman–Crippen MR) is 112 cm³/mol. The summed E-state index contributed by atoms with van der Waals surface area (Å²) in [5.41, 5.74) is 1.81. The topological polar surface area (TPSA) is 88.4 Å². The standard InChI is InChI=1S/C20H19BrN2O4S/c1-12-4-7-17(22-20(24)18-10-13(2)27-14(18)3)11-19(12)28(25,26)23-16-8-5-15(21)6-9-16/h4-11,23H,1-3H3,(H,22,24). The van der Waals surface area contributed by atoms with Gasteiger partial charge in [0.05, 0.1) is 10.5 Å². The van der Waals surface area contributed by atoms with Gasteiger partial charge in [-0.1, -0.05) is 22.0 Å². The van der Waals surface area contributed by atoms with E-state index < -0.39 is 10.0 Å². The van der Waals surface area contributed by atoms with Crippen molar-refractivity contribution in [3.63, 3.8) is 0 Å². The number of hydrogen-bond acceptors (Lipinski definition) is 4. The number of hydrogen-bond donors (Lipinski definition) is 2. The van der Waals surface area contributed by atoms with Crippen molar-refractivity contribution in [2.45, 2.75) is 25.7 Å². The largest absolute Gasteiger partial charge is 0.466 e. The van der Waals surface area contributed by atoms with Gasteiger partial charge in [-0.05, 0) is 68.8 Å². The third-order valence-corrected chi connectivity index (χ3v) is 6.17. The number of furan rings is 1. The highest BCUT2D eigenvalue weighted by atomic mass is 79.9. The molecule has 3 rings (SSSR count). The summed E-state index contributed by atoms with van der Waals surface area (Å²) in [6.07, 6.45) is 0. The van der Waals surface area contributed by atoms with Gasteiger partial charge in [-0.2, -0.15) is 0 Å². The van der Waals surface area contributed by atoms with Gasteiger partial charge in [0.1, 0.15) is 11.5 Å². The number of anilines is 2. The second-order valence-electron chi connectivity index (χ2n) is 6.37. The summed E-state index contributed by atoms with van der Waals surface area (Å²) in [5.74, 6) is 0.780. The smallest absolute Gasteiger partial charge is 0.262 e. The Kier molecular flexibility index (Phi) is 5.62. The maximum atomic E-state index is 12.8. The average molecular weight is 463 g/mol. The molecule has 0 saturated heterocycles. The first-order chi connectivity index (χ1) is 13.2. The Labute approximate surface area is 172 Å². The Morgan fingerprint density at radius 2 is 1.61 bits per heavy atom. The molecule has 0 radical (unpaired) electrons. The molecule has 8 heteroatoms. The molecule has 2 N–H and O–H groups in total. The third kappa shape index (κ3) is 4.45. The molecule has 0 aliphatic carbocycles. The summed E-state index contributed by atoms with van der Waals surface area (Å²) >= 11 is 3.32. The van der Waals surface area contributed by atoms with Crippen LogP contribution in [0.1, 0.15) is 27.4 Å². The summed E-state index contributed by atoms with van der Waals surface area (Å²) < 4.78 is 34.4. The van der Waals surface area contributed by atoms with Gasteiger partial charge in [-0.3, -0.25) is 9.52 Å². The number of carbonyl (C=O) groups is 1. The maximum absolute atomic E-state index is 12.8. The Morgan fingerprint density at radius 3 is 2.21 bits per heavy atom. The highest BCUT2D eigenvalue weighted by Crippen LogP contribution is 2.25. The molecule has 0 saturated carbocycles. The molecule has 2 aromatic carbocycles. The van der Waals surface area contributed by atoms with Crippen molar-refractivity contribution in [1.29, 1.82) is 0 Å². The molecule has 1 amide bonds. The first-order valence-corrected chi connectivity index (χ1v) is 10.7. The molecule has 3 aromatic rings. The molecular weight excluding hydrogens is 444 g/mol. The van der Waals surface area contributed by atoms with Gasteiger partial charge in [0.25, 0.3) is 15.9 Å². The molecule has 28 heavy (non-hydrogen) atoms. The van der Waals surface area contributed by atoms with Crippen molar-refractivity contribution in [2.24, 2.45) is 0 Å². The van der Waals surface area contributed by atoms with Crippen LogP contribution >= 0.6 is 15.9 Å². The Hall–Kier alpha value is -2.58. The highest BCUT2D eigenvalue weighted by Gasteiger charge is 2.19. The minimum absolute atomic E-state index is 0.0910. The fourth-order valence-corrected chi connectivity index (χ4v) is 4.34. The maximum Gasteiger partial charge on any atom is 0.262 e. The quantitative estimate of drug-likeness (QED) is 0.556. The number of amides is 1. The highest BCUT2D eigenvalue weighted by molar-refractivity contribution is 9.10. The van der Waals surface area contributed by atoms with E-state index in [-0.39, 0.29) is 10.8 Å². The minimum atomic E-state index is -3.82. The van der Waals surface area contributed by atoms with Crippen molar-refractivity contribution in [3.8, 4) is 0 Å². The van der Waals surface area contributed by atoms with E-state index >= 15 is 0 Å². The van der Waals surface area contributed by atoms with Crippen LogP contribution in [0.5, 0.6) is 0 Å². The molecule has 0 aliphatic rings. The van der Waals surface area contributed by atoms with Gasteiger partial charge in [0, 0.05) is 15.8 Å². The first-order valence-electron chi connectivity index (χ1n) is 8.43. The molecule has 0 unspecified atom stereocenters.